The minimum Gasteiger partial charge on any atom is -0.481 e. The maximum Gasteiger partial charge on any atom is 0.303 e. The van der Waals surface area contributed by atoms with E-state index in [2.05, 4.69) is 42.3 Å². The zero-order valence-corrected chi connectivity index (χ0v) is 17.4. The van der Waals surface area contributed by atoms with Crippen molar-refractivity contribution in [1.82, 2.24) is 10.2 Å². The van der Waals surface area contributed by atoms with Gasteiger partial charge in [0.05, 0.1) is 0 Å². The molecule has 0 aromatic heterocycles. The molecule has 158 valence electrons. The molecule has 0 bridgehead atoms. The Hall–Kier alpha value is -2.57. The summed E-state index contributed by atoms with van der Waals surface area (Å²) in [7, 11) is 0. The second-order valence-corrected chi connectivity index (χ2v) is 8.31. The first-order valence-electron chi connectivity index (χ1n) is 10.4. The summed E-state index contributed by atoms with van der Waals surface area (Å²) in [4.78, 5) is 39.7. The van der Waals surface area contributed by atoms with E-state index in [9.17, 15) is 14.4 Å². The number of carboxylic acid groups (broad SMARTS) is 1. The fraction of sp³-hybridized carbons (Fsp3) is 0.591. The summed E-state index contributed by atoms with van der Waals surface area (Å²) >= 11 is 0. The standard InChI is InChI=1S/C22H31N3O4/c1-16-4-3-5-18(17(16)2)24-12-14-25(15-13-24)20(27)7-10-22(11-8-21(28)29)9-6-19(26)23-22/h3-5H,6-15H2,1-2H3,(H,23,26)(H,28,29)/t22-/m0/s1. The monoisotopic (exact) mass is 401 g/mol. The van der Waals surface area contributed by atoms with Crippen LogP contribution < -0.4 is 10.2 Å². The van der Waals surface area contributed by atoms with Crippen LogP contribution in [0.15, 0.2) is 18.2 Å². The summed E-state index contributed by atoms with van der Waals surface area (Å²) in [5.41, 5.74) is 3.24. The third kappa shape index (κ3) is 5.08. The average molecular weight is 402 g/mol. The summed E-state index contributed by atoms with van der Waals surface area (Å²) < 4.78 is 0. The number of aryl methyl sites for hydroxylation is 1. The molecule has 7 nitrogen and oxygen atoms in total. The number of hydrogen-bond acceptors (Lipinski definition) is 4. The molecule has 2 N–H and O–H groups in total. The minimum atomic E-state index is -0.876. The quantitative estimate of drug-likeness (QED) is 0.731. The lowest BCUT2D eigenvalue weighted by molar-refractivity contribution is -0.137. The molecule has 2 aliphatic heterocycles. The Morgan fingerprint density at radius 3 is 2.41 bits per heavy atom. The van der Waals surface area contributed by atoms with E-state index in [-0.39, 0.29) is 18.2 Å². The van der Waals surface area contributed by atoms with Gasteiger partial charge in [-0.05, 0) is 50.3 Å². The number of nitrogens with zero attached hydrogens (tertiary/aromatic N) is 2. The number of aliphatic carboxylic acids is 1. The summed E-state index contributed by atoms with van der Waals surface area (Å²) in [6, 6.07) is 6.32. The number of piperazine rings is 1. The van der Waals surface area contributed by atoms with Crippen LogP contribution in [0.25, 0.3) is 0 Å². The number of carboxylic acids is 1. The molecule has 2 heterocycles. The van der Waals surface area contributed by atoms with Crippen molar-refractivity contribution in [1.29, 1.82) is 0 Å². The molecule has 1 atom stereocenters. The molecule has 29 heavy (non-hydrogen) atoms. The van der Waals surface area contributed by atoms with Gasteiger partial charge < -0.3 is 20.2 Å². The van der Waals surface area contributed by atoms with Crippen LogP contribution in [0.3, 0.4) is 0 Å². The Morgan fingerprint density at radius 2 is 1.79 bits per heavy atom. The normalized spacial score (nSPS) is 21.9. The van der Waals surface area contributed by atoms with Crippen molar-refractivity contribution in [3.05, 3.63) is 29.3 Å². The molecule has 1 aromatic carbocycles. The third-order valence-electron chi connectivity index (χ3n) is 6.42. The van der Waals surface area contributed by atoms with Crippen LogP contribution in [0.5, 0.6) is 0 Å². The van der Waals surface area contributed by atoms with Crippen molar-refractivity contribution in [3.8, 4) is 0 Å². The van der Waals surface area contributed by atoms with Crippen LogP contribution in [-0.2, 0) is 14.4 Å². The van der Waals surface area contributed by atoms with Gasteiger partial charge in [-0.3, -0.25) is 14.4 Å². The summed E-state index contributed by atoms with van der Waals surface area (Å²) in [6.45, 7) is 7.21. The summed E-state index contributed by atoms with van der Waals surface area (Å²) in [5, 5.41) is 11.9. The van der Waals surface area contributed by atoms with Crippen molar-refractivity contribution >= 4 is 23.5 Å². The predicted octanol–water partition coefficient (Wildman–Crippen LogP) is 2.25. The predicted molar refractivity (Wildman–Crippen MR) is 111 cm³/mol. The first-order chi connectivity index (χ1) is 13.8. The van der Waals surface area contributed by atoms with Gasteiger partial charge in [-0.25, -0.2) is 0 Å². The van der Waals surface area contributed by atoms with Gasteiger partial charge in [-0.2, -0.15) is 0 Å². The van der Waals surface area contributed by atoms with Crippen LogP contribution >= 0.6 is 0 Å². The van der Waals surface area contributed by atoms with Crippen LogP contribution in [0.4, 0.5) is 5.69 Å². The lowest BCUT2D eigenvalue weighted by atomic mass is 9.86. The second-order valence-electron chi connectivity index (χ2n) is 8.31. The highest BCUT2D eigenvalue weighted by atomic mass is 16.4. The smallest absolute Gasteiger partial charge is 0.303 e. The van der Waals surface area contributed by atoms with Gasteiger partial charge in [-0.1, -0.05) is 12.1 Å². The number of carbonyl (C=O) groups excluding carboxylic acids is 2. The van der Waals surface area contributed by atoms with Crippen molar-refractivity contribution in [3.63, 3.8) is 0 Å². The minimum absolute atomic E-state index is 0.00296. The molecule has 2 fully saturated rings. The van der Waals surface area contributed by atoms with Crippen LogP contribution in [0, 0.1) is 13.8 Å². The highest BCUT2D eigenvalue weighted by Gasteiger charge is 2.38. The van der Waals surface area contributed by atoms with Crippen molar-refractivity contribution in [2.75, 3.05) is 31.1 Å². The van der Waals surface area contributed by atoms with Crippen LogP contribution in [0.2, 0.25) is 0 Å². The lowest BCUT2D eigenvalue weighted by Crippen LogP contribution is -2.50. The number of anilines is 1. The number of nitrogens with one attached hydrogen (secondary N) is 1. The lowest BCUT2D eigenvalue weighted by Gasteiger charge is -2.37. The molecule has 2 amide bonds. The Labute approximate surface area is 172 Å². The van der Waals surface area contributed by atoms with E-state index in [4.69, 9.17) is 5.11 Å². The van der Waals surface area contributed by atoms with Crippen molar-refractivity contribution in [2.24, 2.45) is 0 Å². The molecule has 0 unspecified atom stereocenters. The molecule has 0 radical (unpaired) electrons. The fourth-order valence-electron chi connectivity index (χ4n) is 4.40. The van der Waals surface area contributed by atoms with Gasteiger partial charge >= 0.3 is 5.97 Å². The third-order valence-corrected chi connectivity index (χ3v) is 6.42. The van der Waals surface area contributed by atoms with Gasteiger partial charge in [0.1, 0.15) is 0 Å². The van der Waals surface area contributed by atoms with E-state index in [1.165, 1.54) is 16.8 Å². The number of amides is 2. The van der Waals surface area contributed by atoms with Crippen molar-refractivity contribution in [2.45, 2.75) is 57.9 Å². The topological polar surface area (TPSA) is 90.0 Å². The van der Waals surface area contributed by atoms with E-state index < -0.39 is 11.5 Å². The van der Waals surface area contributed by atoms with Crippen molar-refractivity contribution < 1.29 is 19.5 Å². The first kappa shape index (κ1) is 21.1. The zero-order chi connectivity index (χ0) is 21.0. The zero-order valence-electron chi connectivity index (χ0n) is 17.4. The van der Waals surface area contributed by atoms with Gasteiger partial charge in [0, 0.05) is 56.7 Å². The van der Waals surface area contributed by atoms with Crippen LogP contribution in [0.1, 0.15) is 49.7 Å². The maximum atomic E-state index is 12.8. The Bertz CT molecular complexity index is 786. The van der Waals surface area contributed by atoms with Gasteiger partial charge in [-0.15, -0.1) is 0 Å². The fourth-order valence-corrected chi connectivity index (χ4v) is 4.40. The first-order valence-corrected chi connectivity index (χ1v) is 10.4. The molecule has 7 heteroatoms. The van der Waals surface area contributed by atoms with Gasteiger partial charge in [0.2, 0.25) is 11.8 Å². The van der Waals surface area contributed by atoms with E-state index >= 15 is 0 Å². The number of hydrogen-bond donors (Lipinski definition) is 2. The molecule has 2 saturated heterocycles. The Kier molecular flexibility index (Phi) is 6.45. The van der Waals surface area contributed by atoms with E-state index in [0.717, 1.165) is 13.1 Å². The van der Waals surface area contributed by atoms with E-state index in [1.54, 1.807) is 0 Å². The van der Waals surface area contributed by atoms with Gasteiger partial charge in [0.25, 0.3) is 0 Å². The highest BCUT2D eigenvalue weighted by molar-refractivity contribution is 5.80. The molecular weight excluding hydrogens is 370 g/mol. The molecule has 0 aliphatic carbocycles. The summed E-state index contributed by atoms with van der Waals surface area (Å²) in [5.74, 6) is -0.842. The Balaban J connectivity index is 1.53. The number of rotatable bonds is 7. The second kappa shape index (κ2) is 8.84. The van der Waals surface area contributed by atoms with Gasteiger partial charge in [0.15, 0.2) is 0 Å². The largest absolute Gasteiger partial charge is 0.481 e. The summed E-state index contributed by atoms with van der Waals surface area (Å²) in [6.07, 6.45) is 2.23. The van der Waals surface area contributed by atoms with E-state index in [0.29, 0.717) is 45.2 Å². The molecule has 3 rings (SSSR count). The molecule has 0 spiro atoms. The molecule has 1 aromatic rings. The molecular formula is C22H31N3O4. The molecule has 2 aliphatic rings. The SMILES string of the molecule is Cc1cccc(N2CCN(C(=O)CC[C@]3(CCC(=O)O)CCC(=O)N3)CC2)c1C. The van der Waals surface area contributed by atoms with E-state index in [1.807, 2.05) is 4.90 Å². The van der Waals surface area contributed by atoms with Crippen LogP contribution in [-0.4, -0.2) is 59.5 Å². The maximum absolute atomic E-state index is 12.8. The number of carbonyl (C=O) groups is 3. The molecule has 0 saturated carbocycles. The average Bonchev–Trinajstić information content (AvgIpc) is 3.08. The highest BCUT2D eigenvalue weighted by Crippen LogP contribution is 2.31. The Morgan fingerprint density at radius 1 is 1.10 bits per heavy atom. The number of benzene rings is 1.